The number of benzene rings is 1. The van der Waals surface area contributed by atoms with Gasteiger partial charge in [-0.25, -0.2) is 4.57 Å². The molecule has 1 nitrogen and oxygen atoms in total. The summed E-state index contributed by atoms with van der Waals surface area (Å²) in [5, 5.41) is 0.803. The van der Waals surface area contributed by atoms with Gasteiger partial charge in [0.05, 0.1) is 0 Å². The van der Waals surface area contributed by atoms with E-state index in [1.807, 2.05) is 41.6 Å². The predicted octanol–water partition coefficient (Wildman–Crippen LogP) is 3.46. The van der Waals surface area contributed by atoms with Crippen molar-refractivity contribution in [1.29, 1.82) is 0 Å². The molecule has 0 aliphatic heterocycles. The lowest BCUT2D eigenvalue weighted by Gasteiger charge is -2.01. The van der Waals surface area contributed by atoms with Crippen molar-refractivity contribution in [2.45, 2.75) is 10.6 Å². The first kappa shape index (κ1) is 11.5. The zero-order chi connectivity index (χ0) is 11.4. The first-order valence-electron chi connectivity index (χ1n) is 5.06. The first-order chi connectivity index (χ1) is 7.74. The number of thioether (sulfide) groups is 1. The molecule has 0 bridgehead atoms. The molecule has 0 radical (unpaired) electrons. The molecule has 0 amide bonds. The van der Waals surface area contributed by atoms with Crippen LogP contribution in [0.15, 0.2) is 53.7 Å². The van der Waals surface area contributed by atoms with Crippen LogP contribution < -0.4 is 4.57 Å². The topological polar surface area (TPSA) is 3.88 Å². The van der Waals surface area contributed by atoms with Crippen LogP contribution in [0.5, 0.6) is 0 Å². The van der Waals surface area contributed by atoms with Gasteiger partial charge in [0.15, 0.2) is 12.4 Å². The van der Waals surface area contributed by atoms with Crippen molar-refractivity contribution < 1.29 is 4.57 Å². The number of nitrogens with zero attached hydrogens (tertiary/aromatic N) is 1. The fourth-order valence-electron chi connectivity index (χ4n) is 1.38. The average molecular weight is 251 g/mol. The molecule has 0 spiro atoms. The van der Waals surface area contributed by atoms with Gasteiger partial charge in [-0.15, -0.1) is 11.8 Å². The van der Waals surface area contributed by atoms with E-state index in [0.717, 1.165) is 10.8 Å². The van der Waals surface area contributed by atoms with Crippen LogP contribution in [0.1, 0.15) is 5.56 Å². The second kappa shape index (κ2) is 5.37. The fraction of sp³-hybridized carbons (Fsp3) is 0.154. The SMILES string of the molecule is C[n+]1ccc(SCc2cccc(Cl)c2)cc1. The van der Waals surface area contributed by atoms with E-state index in [4.69, 9.17) is 11.6 Å². The Labute approximate surface area is 105 Å². The van der Waals surface area contributed by atoms with Crippen molar-refractivity contribution >= 4 is 23.4 Å². The van der Waals surface area contributed by atoms with Gasteiger partial charge in [0.2, 0.25) is 0 Å². The Kier molecular flexibility index (Phi) is 3.86. The third kappa shape index (κ3) is 3.26. The highest BCUT2D eigenvalue weighted by atomic mass is 35.5. The molecular formula is C13H13ClNS+. The molecule has 0 aliphatic carbocycles. The molecular weight excluding hydrogens is 238 g/mol. The van der Waals surface area contributed by atoms with Crippen LogP contribution in [-0.4, -0.2) is 0 Å². The zero-order valence-electron chi connectivity index (χ0n) is 9.06. The molecule has 0 saturated heterocycles. The molecule has 0 unspecified atom stereocenters. The summed E-state index contributed by atoms with van der Waals surface area (Å²) < 4.78 is 2.03. The van der Waals surface area contributed by atoms with Crippen LogP contribution in [0.4, 0.5) is 0 Å². The van der Waals surface area contributed by atoms with Gasteiger partial charge in [0.25, 0.3) is 0 Å². The molecule has 0 atom stereocenters. The van der Waals surface area contributed by atoms with Crippen LogP contribution in [0.3, 0.4) is 0 Å². The Bertz CT molecular complexity index is 468. The minimum absolute atomic E-state index is 0.803. The van der Waals surface area contributed by atoms with Gasteiger partial charge in [-0.2, -0.15) is 0 Å². The molecule has 2 rings (SSSR count). The Hall–Kier alpha value is -0.990. The molecule has 82 valence electrons. The summed E-state index contributed by atoms with van der Waals surface area (Å²) in [6.45, 7) is 0. The van der Waals surface area contributed by atoms with Gasteiger partial charge in [-0.05, 0) is 17.7 Å². The van der Waals surface area contributed by atoms with Gasteiger partial charge in [-0.3, -0.25) is 0 Å². The lowest BCUT2D eigenvalue weighted by Crippen LogP contribution is -2.25. The fourth-order valence-corrected chi connectivity index (χ4v) is 2.42. The second-order valence-electron chi connectivity index (χ2n) is 3.62. The normalized spacial score (nSPS) is 10.4. The third-order valence-electron chi connectivity index (χ3n) is 2.24. The number of hydrogen-bond donors (Lipinski definition) is 0. The minimum atomic E-state index is 0.803. The van der Waals surface area contributed by atoms with Crippen molar-refractivity contribution in [3.05, 3.63) is 59.4 Å². The van der Waals surface area contributed by atoms with Crippen LogP contribution in [0.25, 0.3) is 0 Å². The maximum atomic E-state index is 5.93. The summed E-state index contributed by atoms with van der Waals surface area (Å²) in [5.74, 6) is 0.953. The largest absolute Gasteiger partial charge is 0.208 e. The highest BCUT2D eigenvalue weighted by Gasteiger charge is 1.99. The van der Waals surface area contributed by atoms with E-state index in [2.05, 4.69) is 30.6 Å². The van der Waals surface area contributed by atoms with Gasteiger partial charge in [0.1, 0.15) is 7.05 Å². The molecule has 0 fully saturated rings. The molecule has 1 aromatic carbocycles. The molecule has 0 saturated carbocycles. The van der Waals surface area contributed by atoms with Crippen LogP contribution in [-0.2, 0) is 12.8 Å². The number of rotatable bonds is 3. The Morgan fingerprint density at radius 2 is 1.94 bits per heavy atom. The lowest BCUT2D eigenvalue weighted by atomic mass is 10.2. The van der Waals surface area contributed by atoms with E-state index in [0.29, 0.717) is 0 Å². The summed E-state index contributed by atoms with van der Waals surface area (Å²) in [6, 6.07) is 12.2. The van der Waals surface area contributed by atoms with Gasteiger partial charge in [-0.1, -0.05) is 23.7 Å². The maximum absolute atomic E-state index is 5.93. The van der Waals surface area contributed by atoms with Crippen molar-refractivity contribution in [3.8, 4) is 0 Å². The van der Waals surface area contributed by atoms with E-state index in [-0.39, 0.29) is 0 Å². The van der Waals surface area contributed by atoms with Crippen molar-refractivity contribution in [2.24, 2.45) is 7.05 Å². The van der Waals surface area contributed by atoms with Crippen LogP contribution in [0, 0.1) is 0 Å². The van der Waals surface area contributed by atoms with Crippen molar-refractivity contribution in [3.63, 3.8) is 0 Å². The highest BCUT2D eigenvalue weighted by Crippen LogP contribution is 2.22. The molecule has 0 aliphatic rings. The molecule has 1 aromatic heterocycles. The van der Waals surface area contributed by atoms with E-state index in [1.54, 1.807) is 0 Å². The smallest absolute Gasteiger partial charge is 0.169 e. The van der Waals surface area contributed by atoms with Crippen LogP contribution in [0.2, 0.25) is 5.02 Å². The lowest BCUT2D eigenvalue weighted by molar-refractivity contribution is -0.671. The van der Waals surface area contributed by atoms with E-state index in [1.165, 1.54) is 10.5 Å². The van der Waals surface area contributed by atoms with E-state index in [9.17, 15) is 0 Å². The first-order valence-corrected chi connectivity index (χ1v) is 6.43. The Morgan fingerprint density at radius 1 is 1.19 bits per heavy atom. The standard InChI is InChI=1S/C13H13ClNS/c1-15-7-5-13(6-8-15)16-10-11-3-2-4-12(14)9-11/h2-9H,10H2,1H3/q+1. The van der Waals surface area contributed by atoms with Crippen LogP contribution >= 0.6 is 23.4 Å². The number of halogens is 1. The maximum Gasteiger partial charge on any atom is 0.169 e. The molecule has 3 heteroatoms. The van der Waals surface area contributed by atoms with Crippen molar-refractivity contribution in [1.82, 2.24) is 0 Å². The number of aromatic nitrogens is 1. The quantitative estimate of drug-likeness (QED) is 0.596. The molecule has 2 aromatic rings. The minimum Gasteiger partial charge on any atom is -0.208 e. The number of aryl methyl sites for hydroxylation is 1. The summed E-state index contributed by atoms with van der Waals surface area (Å²) in [6.07, 6.45) is 4.11. The Balaban J connectivity index is 1.99. The predicted molar refractivity (Wildman–Crippen MR) is 68.6 cm³/mol. The molecule has 1 heterocycles. The van der Waals surface area contributed by atoms with Gasteiger partial charge in [0, 0.05) is 27.8 Å². The number of hydrogen-bond acceptors (Lipinski definition) is 1. The monoisotopic (exact) mass is 250 g/mol. The van der Waals surface area contributed by atoms with Crippen molar-refractivity contribution in [2.75, 3.05) is 0 Å². The van der Waals surface area contributed by atoms with Gasteiger partial charge < -0.3 is 0 Å². The third-order valence-corrected chi connectivity index (χ3v) is 3.56. The highest BCUT2D eigenvalue weighted by molar-refractivity contribution is 7.98. The molecule has 16 heavy (non-hydrogen) atoms. The van der Waals surface area contributed by atoms with E-state index < -0.39 is 0 Å². The second-order valence-corrected chi connectivity index (χ2v) is 5.10. The molecule has 0 N–H and O–H groups in total. The summed E-state index contributed by atoms with van der Waals surface area (Å²) in [4.78, 5) is 1.28. The van der Waals surface area contributed by atoms with Gasteiger partial charge >= 0.3 is 0 Å². The number of pyridine rings is 1. The Morgan fingerprint density at radius 3 is 2.62 bits per heavy atom. The van der Waals surface area contributed by atoms with E-state index >= 15 is 0 Å². The zero-order valence-corrected chi connectivity index (χ0v) is 10.6. The summed E-state index contributed by atoms with van der Waals surface area (Å²) in [7, 11) is 2.02. The summed E-state index contributed by atoms with van der Waals surface area (Å²) >= 11 is 7.75. The summed E-state index contributed by atoms with van der Waals surface area (Å²) in [5.41, 5.74) is 1.26. The average Bonchev–Trinajstić information content (AvgIpc) is 2.28.